The molecule has 2 rings (SSSR count). The lowest BCUT2D eigenvalue weighted by Gasteiger charge is -2.14. The molecule has 0 aliphatic heterocycles. The van der Waals surface area contributed by atoms with Gasteiger partial charge in [0.15, 0.2) is 0 Å². The van der Waals surface area contributed by atoms with E-state index >= 15 is 0 Å². The number of carboxylic acid groups (broad SMARTS) is 1. The van der Waals surface area contributed by atoms with Crippen LogP contribution in [0.3, 0.4) is 0 Å². The fourth-order valence-corrected chi connectivity index (χ4v) is 2.02. The normalized spacial score (nSPS) is 15.6. The van der Waals surface area contributed by atoms with E-state index < -0.39 is 18.0 Å². The molecule has 1 unspecified atom stereocenters. The summed E-state index contributed by atoms with van der Waals surface area (Å²) in [5.41, 5.74) is 0.789. The zero-order valence-corrected chi connectivity index (χ0v) is 11.0. The van der Waals surface area contributed by atoms with Gasteiger partial charge in [0, 0.05) is 11.6 Å². The molecule has 1 aromatic carbocycles. The van der Waals surface area contributed by atoms with E-state index in [2.05, 4.69) is 10.6 Å². The molecule has 1 aromatic rings. The Hall–Kier alpha value is -1.75. The van der Waals surface area contributed by atoms with Gasteiger partial charge in [0.05, 0.1) is 0 Å². The zero-order chi connectivity index (χ0) is 13.8. The van der Waals surface area contributed by atoms with Crippen molar-refractivity contribution in [2.45, 2.75) is 25.4 Å². The van der Waals surface area contributed by atoms with Crippen LogP contribution in [0.4, 0.5) is 4.79 Å². The van der Waals surface area contributed by atoms with Gasteiger partial charge in [0.25, 0.3) is 0 Å². The number of hydrogen-bond donors (Lipinski definition) is 3. The third-order valence-corrected chi connectivity index (χ3v) is 3.41. The molecule has 5 nitrogen and oxygen atoms in total. The average Bonchev–Trinajstić information content (AvgIpc) is 3.19. The smallest absolute Gasteiger partial charge is 0.326 e. The molecule has 0 saturated heterocycles. The van der Waals surface area contributed by atoms with Crippen molar-refractivity contribution < 1.29 is 14.7 Å². The van der Waals surface area contributed by atoms with Gasteiger partial charge in [-0.05, 0) is 30.4 Å². The summed E-state index contributed by atoms with van der Waals surface area (Å²) in [5.74, 6) is -0.932. The van der Waals surface area contributed by atoms with Crippen LogP contribution < -0.4 is 10.6 Å². The molecule has 0 aromatic heterocycles. The van der Waals surface area contributed by atoms with Crippen LogP contribution in [0.15, 0.2) is 24.3 Å². The first-order valence-electron chi connectivity index (χ1n) is 6.08. The Bertz CT molecular complexity index is 489. The van der Waals surface area contributed by atoms with Gasteiger partial charge in [-0.25, -0.2) is 9.59 Å². The summed E-state index contributed by atoms with van der Waals surface area (Å²) in [6, 6.07) is 5.88. The molecule has 0 bridgehead atoms. The summed E-state index contributed by atoms with van der Waals surface area (Å²) in [4.78, 5) is 22.6. The van der Waals surface area contributed by atoms with Gasteiger partial charge < -0.3 is 15.7 Å². The van der Waals surface area contributed by atoms with Crippen molar-refractivity contribution in [3.05, 3.63) is 34.9 Å². The van der Waals surface area contributed by atoms with Crippen LogP contribution in [-0.2, 0) is 11.3 Å². The molecule has 1 saturated carbocycles. The van der Waals surface area contributed by atoms with Crippen LogP contribution in [0.1, 0.15) is 18.4 Å². The number of carbonyl (C=O) groups is 2. The molecule has 1 fully saturated rings. The van der Waals surface area contributed by atoms with Crippen LogP contribution in [0.5, 0.6) is 0 Å². The maximum atomic E-state index is 11.6. The SMILES string of the molecule is O=C(NCc1ccccc1Cl)NC(C(=O)O)C1CC1. The van der Waals surface area contributed by atoms with E-state index in [0.29, 0.717) is 5.02 Å². The van der Waals surface area contributed by atoms with Gasteiger partial charge in [-0.1, -0.05) is 29.8 Å². The Balaban J connectivity index is 1.84. The van der Waals surface area contributed by atoms with Crippen molar-refractivity contribution in [1.29, 1.82) is 0 Å². The summed E-state index contributed by atoms with van der Waals surface area (Å²) in [6.45, 7) is 0.266. The molecular formula is C13H15ClN2O3. The third kappa shape index (κ3) is 3.86. The Labute approximate surface area is 116 Å². The van der Waals surface area contributed by atoms with Crippen LogP contribution in [0.2, 0.25) is 5.02 Å². The lowest BCUT2D eigenvalue weighted by atomic mass is 10.2. The van der Waals surface area contributed by atoms with Gasteiger partial charge in [0.2, 0.25) is 0 Å². The molecule has 1 aliphatic carbocycles. The molecular weight excluding hydrogens is 268 g/mol. The van der Waals surface area contributed by atoms with Crippen molar-refractivity contribution >= 4 is 23.6 Å². The van der Waals surface area contributed by atoms with Crippen molar-refractivity contribution in [2.24, 2.45) is 5.92 Å². The van der Waals surface area contributed by atoms with E-state index in [1.165, 1.54) is 0 Å². The fourth-order valence-electron chi connectivity index (χ4n) is 1.82. The molecule has 2 amide bonds. The van der Waals surface area contributed by atoms with Gasteiger partial charge in [0.1, 0.15) is 6.04 Å². The van der Waals surface area contributed by atoms with Crippen molar-refractivity contribution in [3.8, 4) is 0 Å². The summed E-state index contributed by atoms with van der Waals surface area (Å²) in [5, 5.41) is 14.7. The molecule has 0 spiro atoms. The molecule has 1 aliphatic rings. The first-order valence-corrected chi connectivity index (χ1v) is 6.46. The standard InChI is InChI=1S/C13H15ClN2O3/c14-10-4-2-1-3-9(10)7-15-13(19)16-11(12(17)18)8-5-6-8/h1-4,8,11H,5-7H2,(H,17,18)(H2,15,16,19). The number of halogens is 1. The summed E-state index contributed by atoms with van der Waals surface area (Å²) >= 11 is 5.96. The Kier molecular flexibility index (Phi) is 4.27. The number of carbonyl (C=O) groups excluding carboxylic acids is 1. The Morgan fingerprint density at radius 1 is 1.37 bits per heavy atom. The summed E-state index contributed by atoms with van der Waals surface area (Å²) in [7, 11) is 0. The van der Waals surface area contributed by atoms with E-state index in [0.717, 1.165) is 18.4 Å². The second-order valence-electron chi connectivity index (χ2n) is 4.57. The van der Waals surface area contributed by atoms with E-state index in [-0.39, 0.29) is 12.5 Å². The fraction of sp³-hybridized carbons (Fsp3) is 0.385. The largest absolute Gasteiger partial charge is 0.480 e. The molecule has 1 atom stereocenters. The minimum Gasteiger partial charge on any atom is -0.480 e. The Morgan fingerprint density at radius 2 is 2.05 bits per heavy atom. The van der Waals surface area contributed by atoms with Gasteiger partial charge in [-0.15, -0.1) is 0 Å². The first kappa shape index (κ1) is 13.7. The predicted molar refractivity (Wildman–Crippen MR) is 71.0 cm³/mol. The van der Waals surface area contributed by atoms with Crippen molar-refractivity contribution in [1.82, 2.24) is 10.6 Å². The molecule has 102 valence electrons. The highest BCUT2D eigenvalue weighted by atomic mass is 35.5. The minimum absolute atomic E-state index is 0.0589. The van der Waals surface area contributed by atoms with Crippen molar-refractivity contribution in [2.75, 3.05) is 0 Å². The number of nitrogens with one attached hydrogen (secondary N) is 2. The van der Waals surface area contributed by atoms with Crippen LogP contribution in [0, 0.1) is 5.92 Å². The van der Waals surface area contributed by atoms with Crippen LogP contribution in [-0.4, -0.2) is 23.1 Å². The van der Waals surface area contributed by atoms with Crippen LogP contribution >= 0.6 is 11.6 Å². The molecule has 6 heteroatoms. The van der Waals surface area contributed by atoms with Gasteiger partial charge in [-0.3, -0.25) is 0 Å². The van der Waals surface area contributed by atoms with E-state index in [1.807, 2.05) is 6.07 Å². The average molecular weight is 283 g/mol. The number of benzene rings is 1. The molecule has 19 heavy (non-hydrogen) atoms. The van der Waals surface area contributed by atoms with E-state index in [1.54, 1.807) is 18.2 Å². The molecule has 0 radical (unpaired) electrons. The summed E-state index contributed by atoms with van der Waals surface area (Å²) in [6.07, 6.45) is 1.70. The maximum absolute atomic E-state index is 11.6. The minimum atomic E-state index is -0.990. The van der Waals surface area contributed by atoms with Crippen molar-refractivity contribution in [3.63, 3.8) is 0 Å². The van der Waals surface area contributed by atoms with Gasteiger partial charge in [-0.2, -0.15) is 0 Å². The Morgan fingerprint density at radius 3 is 2.63 bits per heavy atom. The number of amides is 2. The highest BCUT2D eigenvalue weighted by Crippen LogP contribution is 2.32. The second-order valence-corrected chi connectivity index (χ2v) is 4.98. The lowest BCUT2D eigenvalue weighted by Crippen LogP contribution is -2.47. The van der Waals surface area contributed by atoms with Gasteiger partial charge >= 0.3 is 12.0 Å². The number of aliphatic carboxylic acids is 1. The zero-order valence-electron chi connectivity index (χ0n) is 10.2. The number of rotatable bonds is 5. The molecule has 3 N–H and O–H groups in total. The summed E-state index contributed by atoms with van der Waals surface area (Å²) < 4.78 is 0. The quantitative estimate of drug-likeness (QED) is 0.773. The lowest BCUT2D eigenvalue weighted by molar-refractivity contribution is -0.139. The van der Waals surface area contributed by atoms with Crippen LogP contribution in [0.25, 0.3) is 0 Å². The van der Waals surface area contributed by atoms with E-state index in [4.69, 9.17) is 16.7 Å². The number of carboxylic acids is 1. The van der Waals surface area contributed by atoms with E-state index in [9.17, 15) is 9.59 Å². The topological polar surface area (TPSA) is 78.4 Å². The number of hydrogen-bond acceptors (Lipinski definition) is 2. The molecule has 0 heterocycles. The highest BCUT2D eigenvalue weighted by Gasteiger charge is 2.37. The first-order chi connectivity index (χ1) is 9.08. The highest BCUT2D eigenvalue weighted by molar-refractivity contribution is 6.31. The third-order valence-electron chi connectivity index (χ3n) is 3.04. The monoisotopic (exact) mass is 282 g/mol. The second kappa shape index (κ2) is 5.93. The predicted octanol–water partition coefficient (Wildman–Crippen LogP) is 2.00. The number of urea groups is 1. The maximum Gasteiger partial charge on any atom is 0.326 e.